The van der Waals surface area contributed by atoms with E-state index in [9.17, 15) is 19.2 Å². The van der Waals surface area contributed by atoms with Crippen molar-refractivity contribution in [3.05, 3.63) is 11.1 Å². The Morgan fingerprint density at radius 2 is 2.07 bits per heavy atom. The molecule has 0 saturated carbocycles. The maximum absolute atomic E-state index is 12.8. The zero-order valence-electron chi connectivity index (χ0n) is 15.8. The average molecular weight is 428 g/mol. The number of ketones is 1. The molecular weight excluding hydrogens is 408 g/mol. The van der Waals surface area contributed by atoms with Gasteiger partial charge < -0.3 is 20.8 Å². The monoisotopic (exact) mass is 428 g/mol. The van der Waals surface area contributed by atoms with Crippen LogP contribution in [-0.4, -0.2) is 67.9 Å². The minimum atomic E-state index is -1.31. The van der Waals surface area contributed by atoms with Crippen molar-refractivity contribution < 1.29 is 39.1 Å². The number of carbonyl (C=O) groups is 4. The first-order valence-electron chi connectivity index (χ1n) is 8.35. The number of nitrogen functional groups attached to an aromatic ring is 1. The number of aromatic nitrogens is 1. The van der Waals surface area contributed by atoms with Crippen molar-refractivity contribution >= 4 is 45.8 Å². The topological polar surface area (TPSA) is 182 Å². The first-order valence-corrected chi connectivity index (χ1v) is 9.23. The highest BCUT2D eigenvalue weighted by Gasteiger charge is 2.56. The molecule has 1 aromatic rings. The quantitative estimate of drug-likeness (QED) is 0.263. The fourth-order valence-electron chi connectivity index (χ4n) is 2.59. The lowest BCUT2D eigenvalue weighted by Gasteiger charge is -2.51. The molecule has 0 radical (unpaired) electrons. The summed E-state index contributed by atoms with van der Waals surface area (Å²) in [6.45, 7) is 3.78. The molecule has 158 valence electrons. The molecule has 1 amide bonds. The van der Waals surface area contributed by atoms with Gasteiger partial charge in [0, 0.05) is 11.8 Å². The normalized spacial score (nSPS) is 19.4. The Morgan fingerprint density at radius 1 is 1.41 bits per heavy atom. The molecule has 0 bridgehead atoms. The molecule has 1 unspecified atom stereocenters. The number of thiazole rings is 1. The van der Waals surface area contributed by atoms with Crippen LogP contribution in [0.1, 0.15) is 32.9 Å². The number of hydroxylamine groups is 2. The number of carboxylic acids is 2. The summed E-state index contributed by atoms with van der Waals surface area (Å²) in [6.07, 6.45) is -1.60. The summed E-state index contributed by atoms with van der Waals surface area (Å²) >= 11 is 1.05. The van der Waals surface area contributed by atoms with Gasteiger partial charge in [0.05, 0.1) is 11.5 Å². The number of Topliss-reactive ketones (excluding diaryl/α,β-unsaturated/α-hetero) is 1. The van der Waals surface area contributed by atoms with E-state index in [0.717, 1.165) is 16.4 Å². The molecule has 2 heterocycles. The van der Waals surface area contributed by atoms with Crippen molar-refractivity contribution in [2.45, 2.75) is 38.8 Å². The van der Waals surface area contributed by atoms with Gasteiger partial charge in [-0.3, -0.25) is 14.4 Å². The van der Waals surface area contributed by atoms with Crippen LogP contribution < -0.4 is 5.73 Å². The van der Waals surface area contributed by atoms with Crippen LogP contribution in [0.25, 0.3) is 0 Å². The fraction of sp³-hybridized carbons (Fsp3) is 0.500. The minimum Gasteiger partial charge on any atom is -0.479 e. The maximum atomic E-state index is 12.8. The second-order valence-corrected chi connectivity index (χ2v) is 7.62. The molecular formula is C16H20N4O8S. The summed E-state index contributed by atoms with van der Waals surface area (Å²) in [6, 6.07) is 0. The van der Waals surface area contributed by atoms with E-state index in [1.54, 1.807) is 13.8 Å². The Morgan fingerprint density at radius 3 is 2.55 bits per heavy atom. The van der Waals surface area contributed by atoms with E-state index in [0.29, 0.717) is 0 Å². The SMILES string of the molecule is CC(O/N=C(\C(=O)C[C@@H]1C(=O)N(OCC(=O)O)C1(C)C)c1csc(N)n1)C(=O)O. The molecule has 0 spiro atoms. The number of aliphatic carboxylic acids is 2. The maximum Gasteiger partial charge on any atom is 0.347 e. The predicted octanol–water partition coefficient (Wildman–Crippen LogP) is 0.132. The van der Waals surface area contributed by atoms with E-state index in [-0.39, 0.29) is 23.0 Å². The second-order valence-electron chi connectivity index (χ2n) is 6.73. The number of amides is 1. The van der Waals surface area contributed by atoms with Crippen LogP contribution in [0.15, 0.2) is 10.5 Å². The smallest absolute Gasteiger partial charge is 0.347 e. The summed E-state index contributed by atoms with van der Waals surface area (Å²) in [5.41, 5.74) is 4.47. The Labute approximate surface area is 168 Å². The molecule has 1 aliphatic heterocycles. The van der Waals surface area contributed by atoms with Crippen molar-refractivity contribution in [1.29, 1.82) is 0 Å². The van der Waals surface area contributed by atoms with Gasteiger partial charge in [0.25, 0.3) is 5.91 Å². The summed E-state index contributed by atoms with van der Waals surface area (Å²) in [4.78, 5) is 60.4. The molecule has 1 saturated heterocycles. The van der Waals surface area contributed by atoms with Crippen molar-refractivity contribution in [1.82, 2.24) is 10.0 Å². The van der Waals surface area contributed by atoms with E-state index >= 15 is 0 Å². The van der Waals surface area contributed by atoms with Crippen molar-refractivity contribution in [2.75, 3.05) is 12.3 Å². The second kappa shape index (κ2) is 8.53. The third kappa shape index (κ3) is 4.86. The molecule has 13 heteroatoms. The Kier molecular flexibility index (Phi) is 6.54. The molecule has 2 rings (SSSR count). The average Bonchev–Trinajstić information content (AvgIpc) is 3.05. The van der Waals surface area contributed by atoms with E-state index in [2.05, 4.69) is 10.1 Å². The highest BCUT2D eigenvalue weighted by atomic mass is 32.1. The number of nitrogens with zero attached hydrogens (tertiary/aromatic N) is 3. The lowest BCUT2D eigenvalue weighted by atomic mass is 9.74. The third-order valence-corrected chi connectivity index (χ3v) is 4.93. The molecule has 1 fully saturated rings. The number of hydrogen-bond acceptors (Lipinski definition) is 10. The van der Waals surface area contributed by atoms with Gasteiger partial charge >= 0.3 is 11.9 Å². The number of anilines is 1. The minimum absolute atomic E-state index is 0.0960. The van der Waals surface area contributed by atoms with Gasteiger partial charge in [0.2, 0.25) is 6.10 Å². The molecule has 1 aromatic heterocycles. The highest BCUT2D eigenvalue weighted by Crippen LogP contribution is 2.40. The van der Waals surface area contributed by atoms with Crippen LogP contribution in [-0.2, 0) is 28.9 Å². The highest BCUT2D eigenvalue weighted by molar-refractivity contribution is 7.13. The Bertz CT molecular complexity index is 865. The van der Waals surface area contributed by atoms with Crippen LogP contribution >= 0.6 is 11.3 Å². The summed E-state index contributed by atoms with van der Waals surface area (Å²) in [7, 11) is 0. The van der Waals surface area contributed by atoms with Crippen LogP contribution in [0.5, 0.6) is 0 Å². The molecule has 29 heavy (non-hydrogen) atoms. The van der Waals surface area contributed by atoms with Crippen LogP contribution in [0, 0.1) is 5.92 Å². The van der Waals surface area contributed by atoms with Gasteiger partial charge in [-0.15, -0.1) is 11.3 Å². The first-order chi connectivity index (χ1) is 13.4. The summed E-state index contributed by atoms with van der Waals surface area (Å²) < 4.78 is 0. The third-order valence-electron chi connectivity index (χ3n) is 4.26. The molecule has 4 N–H and O–H groups in total. The largest absolute Gasteiger partial charge is 0.479 e. The number of β-lactam (4-membered cyclic amide) rings is 1. The van der Waals surface area contributed by atoms with Gasteiger partial charge in [0.15, 0.2) is 23.2 Å². The van der Waals surface area contributed by atoms with Crippen molar-refractivity contribution in [3.63, 3.8) is 0 Å². The molecule has 1 aliphatic rings. The molecule has 12 nitrogen and oxygen atoms in total. The fourth-order valence-corrected chi connectivity index (χ4v) is 3.13. The van der Waals surface area contributed by atoms with E-state index in [1.165, 1.54) is 12.3 Å². The number of nitrogens with two attached hydrogens (primary N) is 1. The van der Waals surface area contributed by atoms with Gasteiger partial charge in [-0.2, -0.15) is 0 Å². The van der Waals surface area contributed by atoms with Crippen LogP contribution in [0.4, 0.5) is 5.13 Å². The zero-order valence-corrected chi connectivity index (χ0v) is 16.6. The predicted molar refractivity (Wildman–Crippen MR) is 98.9 cm³/mol. The number of oxime groups is 1. The molecule has 2 atom stereocenters. The lowest BCUT2D eigenvalue weighted by Crippen LogP contribution is -2.68. The van der Waals surface area contributed by atoms with Crippen molar-refractivity contribution in [2.24, 2.45) is 11.1 Å². The zero-order chi connectivity index (χ0) is 21.9. The van der Waals surface area contributed by atoms with Gasteiger partial charge in [-0.25, -0.2) is 19.6 Å². The number of carbonyl (C=O) groups excluding carboxylic acids is 2. The van der Waals surface area contributed by atoms with E-state index in [4.69, 9.17) is 25.6 Å². The van der Waals surface area contributed by atoms with Crippen LogP contribution in [0.2, 0.25) is 0 Å². The summed E-state index contributed by atoms with van der Waals surface area (Å²) in [5.74, 6) is -4.49. The Balaban J connectivity index is 2.17. The van der Waals surface area contributed by atoms with E-state index < -0.39 is 47.8 Å². The first kappa shape index (κ1) is 22.2. The van der Waals surface area contributed by atoms with Crippen LogP contribution in [0.3, 0.4) is 0 Å². The van der Waals surface area contributed by atoms with Gasteiger partial charge in [0.1, 0.15) is 5.69 Å². The number of rotatable bonds is 10. The van der Waals surface area contributed by atoms with Gasteiger partial charge in [-0.05, 0) is 20.8 Å². The summed E-state index contributed by atoms with van der Waals surface area (Å²) in [5, 5.41) is 23.8. The lowest BCUT2D eigenvalue weighted by molar-refractivity contribution is -0.267. The Hall–Kier alpha value is -3.06. The molecule has 0 aromatic carbocycles. The molecule has 0 aliphatic carbocycles. The van der Waals surface area contributed by atoms with Crippen molar-refractivity contribution in [3.8, 4) is 0 Å². The van der Waals surface area contributed by atoms with Gasteiger partial charge in [-0.1, -0.05) is 5.16 Å². The number of carboxylic acid groups (broad SMARTS) is 2. The number of hydrogen-bond donors (Lipinski definition) is 3. The van der Waals surface area contributed by atoms with E-state index in [1.807, 2.05) is 0 Å². The standard InChI is InChI=1S/C16H20N4O8S/c1-7(14(25)26)28-19-12(9-6-29-15(17)18-9)10(21)4-8-13(24)20(16(8,2)3)27-5-11(22)23/h6-8H,4-5H2,1-3H3,(H2,17,18)(H,22,23)(H,25,26)/b19-12-/t7?,8-/m1/s1.